The van der Waals surface area contributed by atoms with Gasteiger partial charge >= 0.3 is 5.97 Å². The van der Waals surface area contributed by atoms with Gasteiger partial charge in [0.15, 0.2) is 6.61 Å². The molecule has 0 heterocycles. The Labute approximate surface area is 173 Å². The van der Waals surface area contributed by atoms with E-state index in [2.05, 4.69) is 5.32 Å². The van der Waals surface area contributed by atoms with Gasteiger partial charge in [-0.1, -0.05) is 60.7 Å². The third-order valence-corrected chi connectivity index (χ3v) is 4.47. The topological polar surface area (TPSA) is 119 Å². The summed E-state index contributed by atoms with van der Waals surface area (Å²) in [6.45, 7) is -0.599. The molecule has 152 valence electrons. The third kappa shape index (κ3) is 4.53. The zero-order chi connectivity index (χ0) is 21.6. The summed E-state index contributed by atoms with van der Waals surface area (Å²) in [5, 5.41) is 13.8. The van der Waals surface area contributed by atoms with Gasteiger partial charge in [-0.3, -0.25) is 9.59 Å². The number of nitrogens with two attached hydrogens (primary N) is 1. The molecule has 3 aromatic carbocycles. The highest BCUT2D eigenvalue weighted by Crippen LogP contribution is 2.31. The Bertz CT molecular complexity index is 995. The first-order chi connectivity index (χ1) is 14.4. The lowest BCUT2D eigenvalue weighted by atomic mass is 9.86. The zero-order valence-electron chi connectivity index (χ0n) is 15.9. The number of hydrogen-bond acceptors (Lipinski definition) is 5. The molecule has 0 aliphatic carbocycles. The predicted octanol–water partition coefficient (Wildman–Crippen LogP) is 2.20. The molecule has 0 atom stereocenters. The van der Waals surface area contributed by atoms with Crippen LogP contribution in [-0.2, 0) is 19.9 Å². The number of esters is 1. The number of ether oxygens (including phenoxy) is 1. The zero-order valence-corrected chi connectivity index (χ0v) is 15.9. The predicted molar refractivity (Wildman–Crippen MR) is 110 cm³/mol. The number of amides is 2. The fourth-order valence-corrected chi connectivity index (χ4v) is 2.91. The van der Waals surface area contributed by atoms with Crippen molar-refractivity contribution in [3.8, 4) is 0 Å². The summed E-state index contributed by atoms with van der Waals surface area (Å²) in [6.07, 6.45) is 0. The molecule has 0 bridgehead atoms. The number of nitrogens with one attached hydrogen (secondary N) is 1. The average molecular weight is 404 g/mol. The van der Waals surface area contributed by atoms with Crippen LogP contribution in [0.25, 0.3) is 0 Å². The molecule has 0 aliphatic rings. The molecule has 0 spiro atoms. The quantitative estimate of drug-likeness (QED) is 0.522. The molecule has 3 aromatic rings. The Morgan fingerprint density at radius 2 is 1.33 bits per heavy atom. The summed E-state index contributed by atoms with van der Waals surface area (Å²) in [5.41, 5.74) is 4.46. The first kappa shape index (κ1) is 20.8. The van der Waals surface area contributed by atoms with Crippen molar-refractivity contribution in [3.63, 3.8) is 0 Å². The van der Waals surface area contributed by atoms with Gasteiger partial charge in [0.25, 0.3) is 5.91 Å². The molecular weight excluding hydrogens is 384 g/mol. The van der Waals surface area contributed by atoms with E-state index in [1.54, 1.807) is 60.7 Å². The van der Waals surface area contributed by atoms with Gasteiger partial charge in [0.2, 0.25) is 11.5 Å². The molecule has 0 unspecified atom stereocenters. The third-order valence-electron chi connectivity index (χ3n) is 4.47. The van der Waals surface area contributed by atoms with Gasteiger partial charge in [0.1, 0.15) is 0 Å². The van der Waals surface area contributed by atoms with Gasteiger partial charge in [-0.05, 0) is 35.4 Å². The number of hydrogen-bond donors (Lipinski definition) is 3. The minimum absolute atomic E-state index is 0.301. The van der Waals surface area contributed by atoms with E-state index < -0.39 is 30.0 Å². The molecular formula is C23H20N2O5. The molecule has 0 saturated carbocycles. The molecule has 2 amide bonds. The second kappa shape index (κ2) is 9.02. The van der Waals surface area contributed by atoms with Crippen LogP contribution in [0.2, 0.25) is 0 Å². The smallest absolute Gasteiger partial charge is 0.348 e. The summed E-state index contributed by atoms with van der Waals surface area (Å²) in [7, 11) is 0. The maximum Gasteiger partial charge on any atom is 0.348 e. The van der Waals surface area contributed by atoms with Crippen LogP contribution >= 0.6 is 0 Å². The Morgan fingerprint density at radius 3 is 1.80 bits per heavy atom. The van der Waals surface area contributed by atoms with Crippen molar-refractivity contribution in [3.05, 3.63) is 102 Å². The van der Waals surface area contributed by atoms with Crippen molar-refractivity contribution in [2.45, 2.75) is 5.60 Å². The van der Waals surface area contributed by atoms with E-state index in [-0.39, 0.29) is 0 Å². The standard InChI is InChI=1S/C23H20N2O5/c24-21(27)16-11-13-19(14-12-16)25-20(26)15-30-22(28)23(29,17-7-3-1-4-8-17)18-9-5-2-6-10-18/h1-14,29H,15H2,(H2,24,27)(H,25,26). The van der Waals surface area contributed by atoms with Crippen LogP contribution in [0.15, 0.2) is 84.9 Å². The number of rotatable bonds is 7. The highest BCUT2D eigenvalue weighted by atomic mass is 16.6. The Kier molecular flexibility index (Phi) is 6.24. The van der Waals surface area contributed by atoms with E-state index >= 15 is 0 Å². The lowest BCUT2D eigenvalue weighted by Gasteiger charge is -2.26. The molecule has 0 fully saturated rings. The van der Waals surface area contributed by atoms with Crippen molar-refractivity contribution in [1.29, 1.82) is 0 Å². The largest absolute Gasteiger partial charge is 0.453 e. The Balaban J connectivity index is 1.72. The maximum absolute atomic E-state index is 12.8. The van der Waals surface area contributed by atoms with Crippen LogP contribution in [-0.4, -0.2) is 29.5 Å². The van der Waals surface area contributed by atoms with Crippen molar-refractivity contribution >= 4 is 23.5 Å². The number of carbonyl (C=O) groups excluding carboxylic acids is 3. The second-order valence-electron chi connectivity index (χ2n) is 6.51. The number of aliphatic hydroxyl groups is 1. The SMILES string of the molecule is NC(=O)c1ccc(NC(=O)COC(=O)C(O)(c2ccccc2)c2ccccc2)cc1. The Hall–Kier alpha value is -3.97. The lowest BCUT2D eigenvalue weighted by molar-refractivity contribution is -0.163. The monoisotopic (exact) mass is 404 g/mol. The van der Waals surface area contributed by atoms with Crippen molar-refractivity contribution < 1.29 is 24.2 Å². The fourth-order valence-electron chi connectivity index (χ4n) is 2.91. The highest BCUT2D eigenvalue weighted by molar-refractivity contribution is 5.96. The van der Waals surface area contributed by atoms with Crippen molar-refractivity contribution in [1.82, 2.24) is 0 Å². The molecule has 7 nitrogen and oxygen atoms in total. The Morgan fingerprint density at radius 1 is 0.833 bits per heavy atom. The first-order valence-corrected chi connectivity index (χ1v) is 9.11. The van der Waals surface area contributed by atoms with Crippen LogP contribution in [0.3, 0.4) is 0 Å². The molecule has 30 heavy (non-hydrogen) atoms. The number of carbonyl (C=O) groups is 3. The summed E-state index contributed by atoms with van der Waals surface area (Å²) >= 11 is 0. The van der Waals surface area contributed by atoms with Crippen LogP contribution in [0.1, 0.15) is 21.5 Å². The molecule has 0 aromatic heterocycles. The summed E-state index contributed by atoms with van der Waals surface area (Å²) in [5.74, 6) is -2.15. The van der Waals surface area contributed by atoms with Gasteiger partial charge in [-0.25, -0.2) is 4.79 Å². The summed E-state index contributed by atoms with van der Waals surface area (Å²) in [6, 6.07) is 22.7. The van der Waals surface area contributed by atoms with E-state index in [0.717, 1.165) is 0 Å². The highest BCUT2D eigenvalue weighted by Gasteiger charge is 2.41. The van der Waals surface area contributed by atoms with Crippen LogP contribution in [0.5, 0.6) is 0 Å². The number of anilines is 1. The van der Waals surface area contributed by atoms with E-state index in [9.17, 15) is 19.5 Å². The molecule has 0 aliphatic heterocycles. The average Bonchev–Trinajstić information content (AvgIpc) is 2.78. The molecule has 4 N–H and O–H groups in total. The van der Waals surface area contributed by atoms with E-state index in [1.165, 1.54) is 24.3 Å². The number of primary amides is 1. The van der Waals surface area contributed by atoms with E-state index in [0.29, 0.717) is 22.4 Å². The minimum atomic E-state index is -2.06. The number of benzene rings is 3. The van der Waals surface area contributed by atoms with Gasteiger partial charge in [0, 0.05) is 11.3 Å². The normalized spacial score (nSPS) is 10.8. The molecule has 0 radical (unpaired) electrons. The van der Waals surface area contributed by atoms with E-state index in [1.807, 2.05) is 0 Å². The van der Waals surface area contributed by atoms with Crippen LogP contribution in [0, 0.1) is 0 Å². The van der Waals surface area contributed by atoms with E-state index in [4.69, 9.17) is 10.5 Å². The fraction of sp³-hybridized carbons (Fsp3) is 0.0870. The van der Waals surface area contributed by atoms with Gasteiger partial charge in [-0.2, -0.15) is 0 Å². The van der Waals surface area contributed by atoms with Crippen LogP contribution in [0.4, 0.5) is 5.69 Å². The summed E-state index contributed by atoms with van der Waals surface area (Å²) in [4.78, 5) is 36.1. The second-order valence-corrected chi connectivity index (χ2v) is 6.51. The van der Waals surface area contributed by atoms with Gasteiger partial charge in [0.05, 0.1) is 0 Å². The van der Waals surface area contributed by atoms with Crippen LogP contribution < -0.4 is 11.1 Å². The maximum atomic E-state index is 12.8. The lowest BCUT2D eigenvalue weighted by Crippen LogP contribution is -2.39. The molecule has 0 saturated heterocycles. The minimum Gasteiger partial charge on any atom is -0.453 e. The first-order valence-electron chi connectivity index (χ1n) is 9.11. The van der Waals surface area contributed by atoms with Crippen molar-refractivity contribution in [2.75, 3.05) is 11.9 Å². The van der Waals surface area contributed by atoms with Gasteiger partial charge in [-0.15, -0.1) is 0 Å². The van der Waals surface area contributed by atoms with Gasteiger partial charge < -0.3 is 20.9 Å². The van der Waals surface area contributed by atoms with Crippen molar-refractivity contribution in [2.24, 2.45) is 5.73 Å². The molecule has 3 rings (SSSR count). The summed E-state index contributed by atoms with van der Waals surface area (Å²) < 4.78 is 5.14. The molecule has 7 heteroatoms.